The van der Waals surface area contributed by atoms with Gasteiger partial charge in [-0.1, -0.05) is 13.0 Å². The number of pyridine rings is 1. The number of hydrogen-bond acceptors (Lipinski definition) is 4. The Kier molecular flexibility index (Phi) is 8.12. The Morgan fingerprint density at radius 3 is 2.70 bits per heavy atom. The molecule has 2 fully saturated rings. The number of anilines is 1. The lowest BCUT2D eigenvalue weighted by molar-refractivity contribution is -0.122. The topological polar surface area (TPSA) is 101 Å². The van der Waals surface area contributed by atoms with Gasteiger partial charge in [-0.05, 0) is 37.7 Å². The third-order valence-electron chi connectivity index (χ3n) is 5.51. The summed E-state index contributed by atoms with van der Waals surface area (Å²) in [4.78, 5) is 25.0. The number of carbonyl (C=O) groups excluding carboxylic acids is 1. The second-order valence-corrected chi connectivity index (χ2v) is 7.52. The summed E-state index contributed by atoms with van der Waals surface area (Å²) in [6.07, 6.45) is 5.91. The van der Waals surface area contributed by atoms with Crippen LogP contribution in [0.2, 0.25) is 0 Å². The minimum Gasteiger partial charge on any atom is -0.370 e. The molecule has 7 nitrogen and oxygen atoms in total. The number of nitrogens with zero attached hydrogens (tertiary/aromatic N) is 4. The number of aromatic nitrogens is 1. The van der Waals surface area contributed by atoms with E-state index in [1.807, 2.05) is 12.1 Å². The molecule has 1 aromatic heterocycles. The zero-order valence-corrected chi connectivity index (χ0v) is 18.3. The summed E-state index contributed by atoms with van der Waals surface area (Å²) >= 11 is 0. The average molecular weight is 486 g/mol. The van der Waals surface area contributed by atoms with Crippen molar-refractivity contribution < 1.29 is 4.79 Å². The normalized spacial score (nSPS) is 21.7. The van der Waals surface area contributed by atoms with Crippen LogP contribution in [0.5, 0.6) is 0 Å². The minimum atomic E-state index is -0.228. The zero-order valence-electron chi connectivity index (χ0n) is 16.0. The highest BCUT2D eigenvalue weighted by Crippen LogP contribution is 2.25. The molecular formula is C19H31IN6O. The third-order valence-corrected chi connectivity index (χ3v) is 5.51. The fourth-order valence-corrected chi connectivity index (χ4v) is 3.74. The van der Waals surface area contributed by atoms with Gasteiger partial charge in [-0.25, -0.2) is 9.98 Å². The quantitative estimate of drug-likeness (QED) is 0.385. The van der Waals surface area contributed by atoms with Crippen molar-refractivity contribution in [1.82, 2.24) is 9.88 Å². The van der Waals surface area contributed by atoms with E-state index < -0.39 is 0 Å². The number of hydrogen-bond donors (Lipinski definition) is 2. The molecule has 3 heterocycles. The summed E-state index contributed by atoms with van der Waals surface area (Å²) in [5.41, 5.74) is 12.8. The van der Waals surface area contributed by atoms with E-state index in [4.69, 9.17) is 11.5 Å². The molecule has 3 rings (SSSR count). The second kappa shape index (κ2) is 10.1. The summed E-state index contributed by atoms with van der Waals surface area (Å²) in [6.45, 7) is 6.24. The van der Waals surface area contributed by atoms with E-state index in [2.05, 4.69) is 26.7 Å². The van der Waals surface area contributed by atoms with Crippen LogP contribution in [-0.2, 0) is 11.3 Å². The van der Waals surface area contributed by atoms with E-state index in [0.29, 0.717) is 19.0 Å². The van der Waals surface area contributed by atoms with Gasteiger partial charge in [-0.15, -0.1) is 24.0 Å². The van der Waals surface area contributed by atoms with Gasteiger partial charge in [0.15, 0.2) is 5.96 Å². The van der Waals surface area contributed by atoms with Crippen LogP contribution in [0.1, 0.15) is 38.2 Å². The van der Waals surface area contributed by atoms with Crippen molar-refractivity contribution in [2.45, 2.75) is 39.2 Å². The summed E-state index contributed by atoms with van der Waals surface area (Å²) in [6, 6.07) is 3.95. The zero-order chi connectivity index (χ0) is 18.5. The number of guanidine groups is 1. The maximum atomic E-state index is 11.6. The molecule has 0 radical (unpaired) electrons. The summed E-state index contributed by atoms with van der Waals surface area (Å²) in [7, 11) is 0. The van der Waals surface area contributed by atoms with Gasteiger partial charge in [-0.2, -0.15) is 0 Å². The van der Waals surface area contributed by atoms with Gasteiger partial charge in [0.05, 0.1) is 12.5 Å². The number of halogens is 1. The van der Waals surface area contributed by atoms with Gasteiger partial charge in [0, 0.05) is 37.9 Å². The van der Waals surface area contributed by atoms with Gasteiger partial charge in [0.1, 0.15) is 5.82 Å². The summed E-state index contributed by atoms with van der Waals surface area (Å²) in [5.74, 6) is 1.93. The highest BCUT2D eigenvalue weighted by molar-refractivity contribution is 14.0. The second-order valence-electron chi connectivity index (χ2n) is 7.52. The number of primary amides is 1. The first-order valence-electron chi connectivity index (χ1n) is 9.57. The van der Waals surface area contributed by atoms with Crippen molar-refractivity contribution in [1.29, 1.82) is 0 Å². The van der Waals surface area contributed by atoms with Crippen LogP contribution in [0, 0.1) is 11.8 Å². The first-order valence-corrected chi connectivity index (χ1v) is 9.57. The standard InChI is InChI=1S/C19H30N6O.HI/c1-14-6-10-24(11-7-14)19(21)23-12-15-4-2-8-22-18(15)25-9-3-5-16(13-25)17(20)26;/h2,4,8,14,16H,3,5-7,9-13H2,1H3,(H2,20,26)(H2,21,23);1H. The van der Waals surface area contributed by atoms with Crippen molar-refractivity contribution in [2.24, 2.45) is 28.3 Å². The number of piperidine rings is 2. The lowest BCUT2D eigenvalue weighted by Crippen LogP contribution is -2.42. The molecular weight excluding hydrogens is 455 g/mol. The molecule has 1 atom stereocenters. The molecule has 27 heavy (non-hydrogen) atoms. The Labute approximate surface area is 178 Å². The van der Waals surface area contributed by atoms with Crippen LogP contribution in [0.25, 0.3) is 0 Å². The highest BCUT2D eigenvalue weighted by Gasteiger charge is 2.26. The van der Waals surface area contributed by atoms with E-state index >= 15 is 0 Å². The van der Waals surface area contributed by atoms with Crippen LogP contribution in [0.15, 0.2) is 23.3 Å². The van der Waals surface area contributed by atoms with E-state index in [1.54, 1.807) is 6.20 Å². The van der Waals surface area contributed by atoms with Crippen molar-refractivity contribution in [2.75, 3.05) is 31.1 Å². The van der Waals surface area contributed by atoms with Crippen LogP contribution >= 0.6 is 24.0 Å². The molecule has 1 unspecified atom stereocenters. The molecule has 2 aliphatic rings. The molecule has 1 aromatic rings. The van der Waals surface area contributed by atoms with Gasteiger partial charge >= 0.3 is 0 Å². The summed E-state index contributed by atoms with van der Waals surface area (Å²) in [5, 5.41) is 0. The molecule has 1 amide bonds. The van der Waals surface area contributed by atoms with Crippen LogP contribution in [0.4, 0.5) is 5.82 Å². The fourth-order valence-electron chi connectivity index (χ4n) is 3.74. The number of nitrogens with two attached hydrogens (primary N) is 2. The molecule has 4 N–H and O–H groups in total. The van der Waals surface area contributed by atoms with Crippen molar-refractivity contribution in [3.8, 4) is 0 Å². The minimum absolute atomic E-state index is 0. The van der Waals surface area contributed by atoms with Crippen molar-refractivity contribution >= 4 is 41.7 Å². The molecule has 0 spiro atoms. The Hall–Kier alpha value is -1.58. The lowest BCUT2D eigenvalue weighted by Gasteiger charge is -2.33. The fraction of sp³-hybridized carbons (Fsp3) is 0.632. The number of rotatable bonds is 4. The van der Waals surface area contributed by atoms with Gasteiger partial charge in [0.25, 0.3) is 0 Å². The van der Waals surface area contributed by atoms with Gasteiger partial charge < -0.3 is 21.3 Å². The Balaban J connectivity index is 0.00000261. The molecule has 0 bridgehead atoms. The van der Waals surface area contributed by atoms with E-state index in [9.17, 15) is 4.79 Å². The molecule has 150 valence electrons. The third kappa shape index (κ3) is 5.70. The van der Waals surface area contributed by atoms with Crippen molar-refractivity contribution in [3.63, 3.8) is 0 Å². The van der Waals surface area contributed by atoms with Crippen LogP contribution < -0.4 is 16.4 Å². The monoisotopic (exact) mass is 486 g/mol. The molecule has 2 aliphatic heterocycles. The Morgan fingerprint density at radius 2 is 2.00 bits per heavy atom. The van der Waals surface area contributed by atoms with Crippen LogP contribution in [0.3, 0.4) is 0 Å². The first-order chi connectivity index (χ1) is 12.5. The highest BCUT2D eigenvalue weighted by atomic mass is 127. The van der Waals surface area contributed by atoms with Gasteiger partial charge in [-0.3, -0.25) is 4.79 Å². The predicted octanol–water partition coefficient (Wildman–Crippen LogP) is 1.95. The molecule has 2 saturated heterocycles. The molecule has 8 heteroatoms. The van der Waals surface area contributed by atoms with E-state index in [0.717, 1.165) is 62.6 Å². The lowest BCUT2D eigenvalue weighted by atomic mass is 9.97. The molecule has 0 aliphatic carbocycles. The Bertz CT molecular complexity index is 659. The average Bonchev–Trinajstić information content (AvgIpc) is 2.67. The molecule has 0 saturated carbocycles. The predicted molar refractivity (Wildman–Crippen MR) is 119 cm³/mol. The number of aliphatic imine (C=N–C) groups is 1. The van der Waals surface area contributed by atoms with E-state index in [-0.39, 0.29) is 35.8 Å². The maximum absolute atomic E-state index is 11.6. The van der Waals surface area contributed by atoms with Crippen molar-refractivity contribution in [3.05, 3.63) is 23.9 Å². The maximum Gasteiger partial charge on any atom is 0.222 e. The number of likely N-dealkylation sites (tertiary alicyclic amines) is 1. The number of amides is 1. The smallest absolute Gasteiger partial charge is 0.222 e. The first kappa shape index (κ1) is 21.7. The van der Waals surface area contributed by atoms with Gasteiger partial charge in [0.2, 0.25) is 5.91 Å². The summed E-state index contributed by atoms with van der Waals surface area (Å²) < 4.78 is 0. The Morgan fingerprint density at radius 1 is 1.26 bits per heavy atom. The largest absolute Gasteiger partial charge is 0.370 e. The molecule has 0 aromatic carbocycles. The number of carbonyl (C=O) groups is 1. The SMILES string of the molecule is CC1CCN(C(N)=NCc2cccnc2N2CCCC(C(N)=O)C2)CC1.I. The van der Waals surface area contributed by atoms with Crippen LogP contribution in [-0.4, -0.2) is 47.9 Å². The van der Waals surface area contributed by atoms with E-state index in [1.165, 1.54) is 0 Å².